The van der Waals surface area contributed by atoms with Crippen molar-refractivity contribution in [1.82, 2.24) is 25.6 Å². The van der Waals surface area contributed by atoms with E-state index in [-0.39, 0.29) is 12.5 Å². The summed E-state index contributed by atoms with van der Waals surface area (Å²) in [4.78, 5) is 24.4. The van der Waals surface area contributed by atoms with Crippen molar-refractivity contribution in [3.05, 3.63) is 52.7 Å². The van der Waals surface area contributed by atoms with Gasteiger partial charge in [-0.1, -0.05) is 42.7 Å². The van der Waals surface area contributed by atoms with E-state index < -0.39 is 23.3 Å². The van der Waals surface area contributed by atoms with Crippen LogP contribution in [0.15, 0.2) is 35.8 Å². The van der Waals surface area contributed by atoms with Crippen molar-refractivity contribution in [2.45, 2.75) is 51.2 Å². The minimum atomic E-state index is -4.81. The molecule has 35 heavy (non-hydrogen) atoms. The summed E-state index contributed by atoms with van der Waals surface area (Å²) in [7, 11) is 0. The molecule has 0 radical (unpaired) electrons. The fourth-order valence-electron chi connectivity index (χ4n) is 3.93. The van der Waals surface area contributed by atoms with Crippen LogP contribution in [0.4, 0.5) is 24.3 Å². The van der Waals surface area contributed by atoms with E-state index in [1.54, 1.807) is 5.38 Å². The number of alkyl halides is 3. The highest BCUT2D eigenvalue weighted by molar-refractivity contribution is 7.14. The molecule has 0 spiro atoms. The summed E-state index contributed by atoms with van der Waals surface area (Å²) in [6.07, 6.45) is 1.44. The zero-order valence-corrected chi connectivity index (χ0v) is 20.1. The number of aromatic nitrogens is 3. The van der Waals surface area contributed by atoms with Crippen LogP contribution >= 0.6 is 11.3 Å². The third-order valence-electron chi connectivity index (χ3n) is 5.80. The highest BCUT2D eigenvalue weighted by Gasteiger charge is 2.38. The lowest BCUT2D eigenvalue weighted by Crippen LogP contribution is -2.32. The van der Waals surface area contributed by atoms with E-state index in [9.17, 15) is 18.0 Å². The predicted molar refractivity (Wildman–Crippen MR) is 130 cm³/mol. The van der Waals surface area contributed by atoms with Gasteiger partial charge in [0.15, 0.2) is 10.8 Å². The molecule has 0 unspecified atom stereocenters. The number of hydrogen-bond donors (Lipinski definition) is 3. The monoisotopic (exact) mass is 504 g/mol. The van der Waals surface area contributed by atoms with Crippen LogP contribution in [0.3, 0.4) is 0 Å². The first-order chi connectivity index (χ1) is 16.8. The molecule has 1 saturated carbocycles. The topological polar surface area (TPSA) is 91.8 Å². The van der Waals surface area contributed by atoms with Crippen molar-refractivity contribution in [2.24, 2.45) is 0 Å². The Bertz CT molecular complexity index is 1140. The first kappa shape index (κ1) is 25.1. The Hall–Kier alpha value is -3.05. The smallest absolute Gasteiger partial charge is 0.352 e. The molecule has 4 rings (SSSR count). The Morgan fingerprint density at radius 1 is 1.11 bits per heavy atom. The predicted octanol–water partition coefficient (Wildman–Crippen LogP) is 5.32. The van der Waals surface area contributed by atoms with Crippen molar-refractivity contribution in [1.29, 1.82) is 0 Å². The lowest BCUT2D eigenvalue weighted by atomic mass is 10.1. The Morgan fingerprint density at radius 3 is 2.57 bits per heavy atom. The maximum atomic E-state index is 13.7. The summed E-state index contributed by atoms with van der Waals surface area (Å²) in [6, 6.07) is 8.25. The normalized spacial score (nSPS) is 14.3. The molecule has 2 heterocycles. The van der Waals surface area contributed by atoms with Crippen LogP contribution in [0.5, 0.6) is 0 Å². The van der Waals surface area contributed by atoms with Gasteiger partial charge in [0.05, 0.1) is 11.3 Å². The van der Waals surface area contributed by atoms with E-state index in [2.05, 4.69) is 30.9 Å². The third-order valence-corrected chi connectivity index (χ3v) is 6.56. The molecule has 3 aromatic rings. The molecule has 7 nitrogen and oxygen atoms in total. The molecule has 2 aromatic heterocycles. The number of rotatable bonds is 9. The SMILES string of the molecule is Cc1ccc(-c2csc(Nc3ncc(C(=O)NCCCNC4CCCC4)c(C(F)(F)F)n3)n2)cc1. The van der Waals surface area contributed by atoms with E-state index in [0.29, 0.717) is 29.8 Å². The zero-order valence-electron chi connectivity index (χ0n) is 19.3. The number of nitrogens with one attached hydrogen (secondary N) is 3. The van der Waals surface area contributed by atoms with Crippen LogP contribution in [0.2, 0.25) is 0 Å². The van der Waals surface area contributed by atoms with Gasteiger partial charge < -0.3 is 16.0 Å². The first-order valence-electron chi connectivity index (χ1n) is 11.5. The second-order valence-electron chi connectivity index (χ2n) is 8.53. The molecule has 1 aromatic carbocycles. The van der Waals surface area contributed by atoms with Crippen LogP contribution in [0.25, 0.3) is 11.3 Å². The van der Waals surface area contributed by atoms with Gasteiger partial charge in [0.2, 0.25) is 5.95 Å². The highest BCUT2D eigenvalue weighted by atomic mass is 32.1. The van der Waals surface area contributed by atoms with Gasteiger partial charge in [-0.2, -0.15) is 13.2 Å². The van der Waals surface area contributed by atoms with E-state index in [1.807, 2.05) is 31.2 Å². The van der Waals surface area contributed by atoms with E-state index in [1.165, 1.54) is 24.2 Å². The second kappa shape index (κ2) is 11.1. The second-order valence-corrected chi connectivity index (χ2v) is 9.39. The van der Waals surface area contributed by atoms with Crippen LogP contribution in [0.1, 0.15) is 53.7 Å². The van der Waals surface area contributed by atoms with Gasteiger partial charge in [0, 0.05) is 29.7 Å². The Kier molecular flexibility index (Phi) is 7.97. The van der Waals surface area contributed by atoms with Gasteiger partial charge in [0.25, 0.3) is 5.91 Å². The molecule has 1 aliphatic rings. The van der Waals surface area contributed by atoms with Gasteiger partial charge >= 0.3 is 6.18 Å². The van der Waals surface area contributed by atoms with Crippen molar-refractivity contribution in [2.75, 3.05) is 18.4 Å². The van der Waals surface area contributed by atoms with Gasteiger partial charge in [-0.15, -0.1) is 11.3 Å². The Labute approximate surface area is 205 Å². The fraction of sp³-hybridized carbons (Fsp3) is 0.417. The number of carbonyl (C=O) groups excluding carboxylic acids is 1. The number of aryl methyl sites for hydroxylation is 1. The summed E-state index contributed by atoms with van der Waals surface area (Å²) in [5.74, 6) is -1.12. The summed E-state index contributed by atoms with van der Waals surface area (Å²) < 4.78 is 41.0. The Morgan fingerprint density at radius 2 is 1.86 bits per heavy atom. The van der Waals surface area contributed by atoms with Gasteiger partial charge in [0.1, 0.15) is 0 Å². The largest absolute Gasteiger partial charge is 0.434 e. The van der Waals surface area contributed by atoms with Crippen molar-refractivity contribution in [3.8, 4) is 11.3 Å². The highest BCUT2D eigenvalue weighted by Crippen LogP contribution is 2.32. The lowest BCUT2D eigenvalue weighted by Gasteiger charge is -2.14. The molecular weight excluding hydrogens is 477 g/mol. The molecule has 11 heteroatoms. The Balaban J connectivity index is 1.39. The van der Waals surface area contributed by atoms with Gasteiger partial charge in [-0.3, -0.25) is 4.79 Å². The van der Waals surface area contributed by atoms with Crippen LogP contribution < -0.4 is 16.0 Å². The molecule has 3 N–H and O–H groups in total. The summed E-state index contributed by atoms with van der Waals surface area (Å²) in [5.41, 5.74) is 0.799. The minimum Gasteiger partial charge on any atom is -0.352 e. The minimum absolute atomic E-state index is 0.261. The van der Waals surface area contributed by atoms with Crippen LogP contribution in [0, 0.1) is 6.92 Å². The van der Waals surface area contributed by atoms with Gasteiger partial charge in [-0.05, 0) is 32.7 Å². The van der Waals surface area contributed by atoms with Crippen LogP contribution in [-0.4, -0.2) is 40.0 Å². The van der Waals surface area contributed by atoms with Crippen molar-refractivity contribution in [3.63, 3.8) is 0 Å². The molecule has 1 aliphatic carbocycles. The van der Waals surface area contributed by atoms with E-state index in [4.69, 9.17) is 0 Å². The van der Waals surface area contributed by atoms with E-state index >= 15 is 0 Å². The van der Waals surface area contributed by atoms with Crippen LogP contribution in [-0.2, 0) is 6.18 Å². The number of hydrogen-bond acceptors (Lipinski definition) is 7. The third kappa shape index (κ3) is 6.76. The maximum Gasteiger partial charge on any atom is 0.434 e. The first-order valence-corrected chi connectivity index (χ1v) is 12.4. The number of thiazole rings is 1. The number of nitrogens with zero attached hydrogens (tertiary/aromatic N) is 3. The maximum absolute atomic E-state index is 13.7. The number of halogens is 3. The molecule has 186 valence electrons. The van der Waals surface area contributed by atoms with Crippen molar-refractivity contribution < 1.29 is 18.0 Å². The molecule has 0 bridgehead atoms. The zero-order chi connectivity index (χ0) is 24.8. The van der Waals surface area contributed by atoms with Gasteiger partial charge in [-0.25, -0.2) is 15.0 Å². The standard InChI is InChI=1S/C24H27F3N6OS/c1-15-7-9-16(10-8-15)19-14-35-23(31-19)33-22-30-13-18(20(32-22)24(25,26)27)21(34)29-12-4-11-28-17-5-2-3-6-17/h7-10,13-14,17,28H,2-6,11-12H2,1H3,(H,29,34)(H,30,31,32,33). The average Bonchev–Trinajstić information content (AvgIpc) is 3.51. The van der Waals surface area contributed by atoms with E-state index in [0.717, 1.165) is 30.2 Å². The molecule has 0 aliphatic heterocycles. The molecule has 1 fully saturated rings. The molecule has 1 amide bonds. The summed E-state index contributed by atoms with van der Waals surface area (Å²) >= 11 is 1.22. The molecule has 0 saturated heterocycles. The summed E-state index contributed by atoms with van der Waals surface area (Å²) in [5, 5.41) is 10.8. The van der Waals surface area contributed by atoms with Crippen molar-refractivity contribution >= 4 is 28.3 Å². The lowest BCUT2D eigenvalue weighted by molar-refractivity contribution is -0.141. The number of benzene rings is 1. The fourth-order valence-corrected chi connectivity index (χ4v) is 4.64. The number of anilines is 2. The average molecular weight is 505 g/mol. The number of carbonyl (C=O) groups is 1. The quantitative estimate of drug-likeness (QED) is 0.342. The molecular formula is C24H27F3N6OS. The summed E-state index contributed by atoms with van der Waals surface area (Å²) in [6.45, 7) is 2.94. The molecule has 0 atom stereocenters. The number of amides is 1.